The second kappa shape index (κ2) is 8.93. The van der Waals surface area contributed by atoms with Crippen molar-refractivity contribution in [3.63, 3.8) is 0 Å². The van der Waals surface area contributed by atoms with Gasteiger partial charge in [0.2, 0.25) is 0 Å². The highest BCUT2D eigenvalue weighted by molar-refractivity contribution is 6.74. The average molecular weight is 351 g/mol. The Morgan fingerprint density at radius 3 is 2.25 bits per heavy atom. The van der Waals surface area contributed by atoms with Gasteiger partial charge in [0.15, 0.2) is 8.32 Å². The largest absolute Gasteiger partial charge is 0.413 e. The molecular formula is C20H34O3Si. The molecule has 1 aromatic rings. The van der Waals surface area contributed by atoms with Gasteiger partial charge in [-0.05, 0) is 30.6 Å². The van der Waals surface area contributed by atoms with Gasteiger partial charge in [0, 0.05) is 12.3 Å². The lowest BCUT2D eigenvalue weighted by molar-refractivity contribution is -0.119. The first kappa shape index (κ1) is 21.1. The summed E-state index contributed by atoms with van der Waals surface area (Å²) in [6.45, 7) is 16.1. The first-order valence-corrected chi connectivity index (χ1v) is 11.7. The fourth-order valence-electron chi connectivity index (χ4n) is 2.24. The van der Waals surface area contributed by atoms with Crippen LogP contribution in [0.2, 0.25) is 18.1 Å². The molecule has 136 valence electrons. The van der Waals surface area contributed by atoms with Crippen LogP contribution in [0, 0.1) is 5.92 Å². The van der Waals surface area contributed by atoms with Crippen LogP contribution in [-0.4, -0.2) is 26.8 Å². The van der Waals surface area contributed by atoms with E-state index in [0.717, 1.165) is 5.56 Å². The summed E-state index contributed by atoms with van der Waals surface area (Å²) < 4.78 is 12.4. The summed E-state index contributed by atoms with van der Waals surface area (Å²) in [6.07, 6.45) is 0.390. The highest BCUT2D eigenvalue weighted by Crippen LogP contribution is 2.38. The lowest BCUT2D eigenvalue weighted by Crippen LogP contribution is -2.46. The number of Topliss-reactive ketones (excluding diaryl/α,β-unsaturated/α-hetero) is 1. The van der Waals surface area contributed by atoms with Crippen molar-refractivity contribution in [1.82, 2.24) is 0 Å². The van der Waals surface area contributed by atoms with Crippen LogP contribution in [0.25, 0.3) is 0 Å². The van der Waals surface area contributed by atoms with E-state index in [1.165, 1.54) is 0 Å². The van der Waals surface area contributed by atoms with E-state index in [-0.39, 0.29) is 22.8 Å². The monoisotopic (exact) mass is 350 g/mol. The smallest absolute Gasteiger partial charge is 0.192 e. The molecule has 1 aromatic carbocycles. The van der Waals surface area contributed by atoms with Crippen molar-refractivity contribution in [1.29, 1.82) is 0 Å². The third-order valence-electron chi connectivity index (χ3n) is 4.87. The second-order valence-corrected chi connectivity index (χ2v) is 13.1. The van der Waals surface area contributed by atoms with Crippen molar-refractivity contribution < 1.29 is 14.0 Å². The van der Waals surface area contributed by atoms with E-state index in [2.05, 4.69) is 52.9 Å². The Labute approximate surface area is 148 Å². The molecule has 0 aliphatic heterocycles. The lowest BCUT2D eigenvalue weighted by Gasteiger charge is -2.40. The maximum absolute atomic E-state index is 11.7. The molecule has 0 N–H and O–H groups in total. The van der Waals surface area contributed by atoms with Crippen molar-refractivity contribution in [3.05, 3.63) is 35.9 Å². The SMILES string of the molecule is CC(=O)C[C@H](O[Si](C)(C)C(C)(C)C)[C@@H](C)COCc1ccccc1. The Balaban J connectivity index is 2.64. The first-order chi connectivity index (χ1) is 11.0. The predicted octanol–water partition coefficient (Wildman–Crippen LogP) is 5.21. The van der Waals surface area contributed by atoms with Crippen LogP contribution in [-0.2, 0) is 20.6 Å². The van der Waals surface area contributed by atoms with E-state index in [1.54, 1.807) is 6.92 Å². The van der Waals surface area contributed by atoms with Gasteiger partial charge in [-0.25, -0.2) is 0 Å². The van der Waals surface area contributed by atoms with Gasteiger partial charge in [0.05, 0.1) is 19.3 Å². The molecule has 0 radical (unpaired) electrons. The predicted molar refractivity (Wildman–Crippen MR) is 103 cm³/mol. The zero-order chi connectivity index (χ0) is 18.4. The number of rotatable bonds is 9. The number of ether oxygens (including phenoxy) is 1. The van der Waals surface area contributed by atoms with Gasteiger partial charge in [0.25, 0.3) is 0 Å². The lowest BCUT2D eigenvalue weighted by atomic mass is 10.0. The Morgan fingerprint density at radius 2 is 1.75 bits per heavy atom. The fraction of sp³-hybridized carbons (Fsp3) is 0.650. The summed E-state index contributed by atoms with van der Waals surface area (Å²) in [7, 11) is -1.91. The number of carbonyl (C=O) groups is 1. The normalized spacial score (nSPS) is 15.1. The maximum Gasteiger partial charge on any atom is 0.192 e. The van der Waals surface area contributed by atoms with Gasteiger partial charge >= 0.3 is 0 Å². The molecule has 0 unspecified atom stereocenters. The molecule has 2 atom stereocenters. The van der Waals surface area contributed by atoms with Gasteiger partial charge in [0.1, 0.15) is 5.78 Å². The molecule has 1 rings (SSSR count). The van der Waals surface area contributed by atoms with Gasteiger partial charge in [-0.3, -0.25) is 4.79 Å². The highest BCUT2D eigenvalue weighted by atomic mass is 28.4. The van der Waals surface area contributed by atoms with Crippen LogP contribution in [0.5, 0.6) is 0 Å². The summed E-state index contributed by atoms with van der Waals surface area (Å²) in [4.78, 5) is 11.7. The molecule has 3 nitrogen and oxygen atoms in total. The molecule has 0 aromatic heterocycles. The molecule has 0 fully saturated rings. The zero-order valence-electron chi connectivity index (χ0n) is 16.4. The zero-order valence-corrected chi connectivity index (χ0v) is 17.4. The van der Waals surface area contributed by atoms with Gasteiger partial charge in [-0.2, -0.15) is 0 Å². The van der Waals surface area contributed by atoms with Crippen LogP contribution in [0.4, 0.5) is 0 Å². The standard InChI is InChI=1S/C20H34O3Si/c1-16(14-22-15-18-11-9-8-10-12-18)19(13-17(2)21)23-24(6,7)20(3,4)5/h8-12,16,19H,13-15H2,1-7H3/t16-,19-/m0/s1. The van der Waals surface area contributed by atoms with E-state index in [0.29, 0.717) is 19.6 Å². The molecule has 4 heteroatoms. The molecule has 0 saturated heterocycles. The molecule has 0 heterocycles. The number of hydrogen-bond acceptors (Lipinski definition) is 3. The molecule has 0 saturated carbocycles. The number of carbonyl (C=O) groups excluding carboxylic acids is 1. The van der Waals surface area contributed by atoms with Crippen molar-refractivity contribution in [2.45, 2.75) is 71.9 Å². The first-order valence-electron chi connectivity index (χ1n) is 8.82. The quantitative estimate of drug-likeness (QED) is 0.574. The van der Waals surface area contributed by atoms with Crippen LogP contribution in [0.1, 0.15) is 46.6 Å². The average Bonchev–Trinajstić information content (AvgIpc) is 2.45. The molecular weight excluding hydrogens is 316 g/mol. The van der Waals surface area contributed by atoms with Gasteiger partial charge in [-0.1, -0.05) is 58.0 Å². The number of ketones is 1. The minimum atomic E-state index is -1.91. The van der Waals surface area contributed by atoms with Crippen LogP contribution in [0.15, 0.2) is 30.3 Å². The topological polar surface area (TPSA) is 35.5 Å². The fourth-order valence-corrected chi connectivity index (χ4v) is 3.67. The van der Waals surface area contributed by atoms with Gasteiger partial charge < -0.3 is 9.16 Å². The van der Waals surface area contributed by atoms with Crippen molar-refractivity contribution >= 4 is 14.1 Å². The van der Waals surface area contributed by atoms with E-state index in [4.69, 9.17) is 9.16 Å². The van der Waals surface area contributed by atoms with Crippen molar-refractivity contribution in [2.24, 2.45) is 5.92 Å². The molecule has 0 bridgehead atoms. The Hall–Kier alpha value is -0.973. The number of hydrogen-bond donors (Lipinski definition) is 0. The third-order valence-corrected chi connectivity index (χ3v) is 9.37. The summed E-state index contributed by atoms with van der Waals surface area (Å²) in [5, 5.41) is 0.132. The van der Waals surface area contributed by atoms with Crippen LogP contribution < -0.4 is 0 Å². The highest BCUT2D eigenvalue weighted by Gasteiger charge is 2.40. The summed E-state index contributed by atoms with van der Waals surface area (Å²) in [5.41, 5.74) is 1.16. The van der Waals surface area contributed by atoms with E-state index in [9.17, 15) is 4.79 Å². The Morgan fingerprint density at radius 1 is 1.17 bits per heavy atom. The Bertz CT molecular complexity index is 505. The summed E-state index contributed by atoms with van der Waals surface area (Å²) in [6, 6.07) is 10.2. The maximum atomic E-state index is 11.7. The molecule has 0 aliphatic rings. The van der Waals surface area contributed by atoms with Gasteiger partial charge in [-0.15, -0.1) is 0 Å². The van der Waals surface area contributed by atoms with Crippen molar-refractivity contribution in [3.8, 4) is 0 Å². The second-order valence-electron chi connectivity index (χ2n) is 8.30. The number of benzene rings is 1. The van der Waals surface area contributed by atoms with E-state index < -0.39 is 8.32 Å². The Kier molecular flexibility index (Phi) is 7.84. The third kappa shape index (κ3) is 6.87. The summed E-state index contributed by atoms with van der Waals surface area (Å²) in [5.74, 6) is 0.361. The molecule has 0 aliphatic carbocycles. The van der Waals surface area contributed by atoms with Crippen LogP contribution >= 0.6 is 0 Å². The van der Waals surface area contributed by atoms with E-state index in [1.807, 2.05) is 18.2 Å². The minimum Gasteiger partial charge on any atom is -0.413 e. The van der Waals surface area contributed by atoms with Crippen molar-refractivity contribution in [2.75, 3.05) is 6.61 Å². The van der Waals surface area contributed by atoms with Crippen LogP contribution in [0.3, 0.4) is 0 Å². The molecule has 24 heavy (non-hydrogen) atoms. The minimum absolute atomic E-state index is 0.0702. The van der Waals surface area contributed by atoms with E-state index >= 15 is 0 Å². The molecule has 0 amide bonds. The summed E-state index contributed by atoms with van der Waals surface area (Å²) >= 11 is 0. The molecule has 0 spiro atoms.